The molecule has 0 fully saturated rings. The highest BCUT2D eigenvalue weighted by molar-refractivity contribution is 7.85. The average Bonchev–Trinajstić information content (AvgIpc) is 3.59. The highest BCUT2D eigenvalue weighted by Gasteiger charge is 2.25. The van der Waals surface area contributed by atoms with Crippen LogP contribution in [-0.2, 0) is 21.9 Å². The smallest absolute Gasteiger partial charge is 0.171 e. The van der Waals surface area contributed by atoms with Crippen LogP contribution in [0.2, 0.25) is 0 Å². The summed E-state index contributed by atoms with van der Waals surface area (Å²) in [5, 5.41) is 0.709. The lowest BCUT2D eigenvalue weighted by molar-refractivity contribution is -0.107. The van der Waals surface area contributed by atoms with Crippen LogP contribution in [0.25, 0.3) is 16.5 Å². The van der Waals surface area contributed by atoms with E-state index in [1.54, 1.807) is 42.8 Å². The van der Waals surface area contributed by atoms with Crippen LogP contribution in [0.5, 0.6) is 5.75 Å². The van der Waals surface area contributed by atoms with Crippen molar-refractivity contribution in [1.29, 1.82) is 4.78 Å². The molecule has 0 spiro atoms. The fourth-order valence-electron chi connectivity index (χ4n) is 4.83. The minimum absolute atomic E-state index is 0.0158. The van der Waals surface area contributed by atoms with Gasteiger partial charge in [-0.2, -0.15) is 0 Å². The van der Waals surface area contributed by atoms with Crippen molar-refractivity contribution in [3.05, 3.63) is 95.0 Å². The quantitative estimate of drug-likeness (QED) is 0.197. The van der Waals surface area contributed by atoms with Crippen molar-refractivity contribution in [2.75, 3.05) is 6.26 Å². The van der Waals surface area contributed by atoms with Gasteiger partial charge in [-0.1, -0.05) is 35.8 Å². The highest BCUT2D eigenvalue weighted by Crippen LogP contribution is 2.37. The fraction of sp³-hybridized carbons (Fsp3) is 0.241. The summed E-state index contributed by atoms with van der Waals surface area (Å²) in [6.45, 7) is 1.82. The zero-order valence-corrected chi connectivity index (χ0v) is 22.2. The van der Waals surface area contributed by atoms with Gasteiger partial charge in [0.05, 0.1) is 10.5 Å². The van der Waals surface area contributed by atoms with E-state index >= 15 is 8.78 Å². The molecule has 1 aliphatic carbocycles. The van der Waals surface area contributed by atoms with Gasteiger partial charge in [-0.05, 0) is 42.0 Å². The van der Waals surface area contributed by atoms with Crippen LogP contribution >= 0.6 is 0 Å². The van der Waals surface area contributed by atoms with Gasteiger partial charge in [0.25, 0.3) is 0 Å². The first kappa shape index (κ1) is 26.7. The minimum atomic E-state index is -1.05. The predicted molar refractivity (Wildman–Crippen MR) is 146 cm³/mol. The number of carbonyl (C=O) groups excluding carboxylic acids is 1. The minimum Gasteiger partial charge on any atom is -0.482 e. The Labute approximate surface area is 225 Å². The fourth-order valence-corrected chi connectivity index (χ4v) is 5.76. The van der Waals surface area contributed by atoms with E-state index in [4.69, 9.17) is 9.52 Å². The molecule has 2 heterocycles. The van der Waals surface area contributed by atoms with Crippen LogP contribution in [0.15, 0.2) is 65.6 Å². The molecule has 0 radical (unpaired) electrons. The number of imidazole rings is 1. The molecule has 3 unspecified atom stereocenters. The second-order valence-electron chi connectivity index (χ2n) is 9.42. The van der Waals surface area contributed by atoms with Crippen LogP contribution < -0.4 is 4.74 Å². The number of benzene rings is 2. The van der Waals surface area contributed by atoms with E-state index in [0.29, 0.717) is 39.0 Å². The maximum atomic E-state index is 15.1. The summed E-state index contributed by atoms with van der Waals surface area (Å²) in [6.07, 6.45) is 8.59. The summed E-state index contributed by atoms with van der Waals surface area (Å²) in [5.74, 6) is -1.64. The van der Waals surface area contributed by atoms with Crippen molar-refractivity contribution in [3.8, 4) is 5.75 Å². The van der Waals surface area contributed by atoms with Crippen LogP contribution in [-0.4, -0.2) is 33.6 Å². The Morgan fingerprint density at radius 1 is 1.28 bits per heavy atom. The highest BCUT2D eigenvalue weighted by atomic mass is 32.2. The van der Waals surface area contributed by atoms with E-state index in [-0.39, 0.29) is 35.8 Å². The number of fused-ring (bicyclic) bond motifs is 1. The molecular weight excluding hydrogens is 525 g/mol. The number of aldehydes is 1. The first-order valence-electron chi connectivity index (χ1n) is 12.5. The van der Waals surface area contributed by atoms with Crippen molar-refractivity contribution >= 4 is 33.5 Å². The third-order valence-electron chi connectivity index (χ3n) is 6.86. The van der Waals surface area contributed by atoms with Crippen LogP contribution in [0.4, 0.5) is 13.2 Å². The molecule has 0 saturated carbocycles. The average molecular weight is 553 g/mol. The van der Waals surface area contributed by atoms with Gasteiger partial charge in [-0.15, -0.1) is 0 Å². The Hall–Kier alpha value is -3.92. The van der Waals surface area contributed by atoms with Crippen molar-refractivity contribution in [3.63, 3.8) is 0 Å². The van der Waals surface area contributed by atoms with Gasteiger partial charge in [-0.25, -0.2) is 18.2 Å². The summed E-state index contributed by atoms with van der Waals surface area (Å²) in [7, 11) is -1.05. The lowest BCUT2D eigenvalue weighted by Crippen LogP contribution is -2.18. The maximum Gasteiger partial charge on any atom is 0.171 e. The van der Waals surface area contributed by atoms with Gasteiger partial charge < -0.3 is 19.5 Å². The number of H-pyrrole nitrogens is 2. The Morgan fingerprint density at radius 3 is 2.87 bits per heavy atom. The van der Waals surface area contributed by atoms with Gasteiger partial charge in [0.2, 0.25) is 0 Å². The standard InChI is InChI=1S/C29H27F3N4O2S/c1-16(19-7-3-5-17(26(19)32)6-4-12-37)25-15-35-29(36-25)21-13-18(8-9-22(21)30)38-27-23(31)14-24-20(10-11-34-24)28(27)39(2)33/h3,5,7,9-16,18,33-34H,4,6,8H2,1-2H3,(H,35,36). The topological polar surface area (TPSA) is 94.6 Å². The van der Waals surface area contributed by atoms with Crippen LogP contribution in [0.1, 0.15) is 48.3 Å². The lowest BCUT2D eigenvalue weighted by Gasteiger charge is -2.22. The summed E-state index contributed by atoms with van der Waals surface area (Å²) < 4.78 is 59.5. The third-order valence-corrected chi connectivity index (χ3v) is 7.87. The Balaban J connectivity index is 1.43. The van der Waals surface area contributed by atoms with Crippen molar-refractivity contribution < 1.29 is 22.7 Å². The molecular formula is C29H27F3N4O2S. The van der Waals surface area contributed by atoms with E-state index < -0.39 is 34.4 Å². The third kappa shape index (κ3) is 5.21. The number of hydrogen-bond acceptors (Lipinski definition) is 4. The molecule has 0 bridgehead atoms. The van der Waals surface area contributed by atoms with Gasteiger partial charge in [0.15, 0.2) is 11.6 Å². The summed E-state index contributed by atoms with van der Waals surface area (Å²) in [4.78, 5) is 21.6. The molecule has 2 aromatic carbocycles. The predicted octanol–water partition coefficient (Wildman–Crippen LogP) is 6.91. The number of hydrogen-bond donors (Lipinski definition) is 3. The molecule has 3 atom stereocenters. The molecule has 0 saturated heterocycles. The zero-order chi connectivity index (χ0) is 27.7. The van der Waals surface area contributed by atoms with E-state index in [1.165, 1.54) is 18.3 Å². The normalized spacial score (nSPS) is 17.0. The molecule has 6 nitrogen and oxygen atoms in total. The number of nitrogens with one attached hydrogen (secondary N) is 3. The van der Waals surface area contributed by atoms with E-state index in [9.17, 15) is 9.18 Å². The number of rotatable bonds is 9. The molecule has 39 heavy (non-hydrogen) atoms. The number of allylic oxidation sites excluding steroid dienone is 2. The summed E-state index contributed by atoms with van der Waals surface area (Å²) >= 11 is 0. The number of aromatic amines is 2. The Bertz CT molecular complexity index is 1640. The lowest BCUT2D eigenvalue weighted by atomic mass is 9.94. The van der Waals surface area contributed by atoms with Crippen molar-refractivity contribution in [2.45, 2.75) is 43.1 Å². The van der Waals surface area contributed by atoms with E-state index in [2.05, 4.69) is 15.0 Å². The molecule has 0 aliphatic heterocycles. The molecule has 0 amide bonds. The largest absolute Gasteiger partial charge is 0.482 e. The second-order valence-corrected chi connectivity index (χ2v) is 10.9. The number of aromatic nitrogens is 3. The summed E-state index contributed by atoms with van der Waals surface area (Å²) in [6, 6.07) is 8.19. The van der Waals surface area contributed by atoms with Crippen LogP contribution in [0.3, 0.4) is 0 Å². The van der Waals surface area contributed by atoms with Gasteiger partial charge >= 0.3 is 0 Å². The van der Waals surface area contributed by atoms with E-state index in [1.807, 2.05) is 6.92 Å². The maximum absolute atomic E-state index is 15.1. The van der Waals surface area contributed by atoms with Crippen molar-refractivity contribution in [2.24, 2.45) is 0 Å². The number of halogens is 3. The molecule has 1 aliphatic rings. The van der Waals surface area contributed by atoms with Gasteiger partial charge in [0.1, 0.15) is 29.9 Å². The molecule has 202 valence electrons. The Morgan fingerprint density at radius 2 is 2.10 bits per heavy atom. The van der Waals surface area contributed by atoms with Gasteiger partial charge in [0, 0.05) is 53.8 Å². The monoisotopic (exact) mass is 552 g/mol. The summed E-state index contributed by atoms with van der Waals surface area (Å²) in [5.41, 5.74) is 2.23. The zero-order valence-electron chi connectivity index (χ0n) is 21.4. The number of aryl methyl sites for hydroxylation is 1. The second kappa shape index (κ2) is 11.1. The number of ether oxygens (including phenoxy) is 1. The number of nitrogens with zero attached hydrogens (tertiary/aromatic N) is 1. The number of carbonyl (C=O) groups is 1. The molecule has 5 rings (SSSR count). The van der Waals surface area contributed by atoms with E-state index in [0.717, 1.165) is 6.29 Å². The molecule has 4 aromatic rings. The van der Waals surface area contributed by atoms with Crippen LogP contribution in [0, 0.1) is 16.4 Å². The van der Waals surface area contributed by atoms with Crippen molar-refractivity contribution in [1.82, 2.24) is 15.0 Å². The first-order valence-corrected chi connectivity index (χ1v) is 14.1. The molecule has 3 N–H and O–H groups in total. The Kier molecular flexibility index (Phi) is 7.56. The molecule has 2 aromatic heterocycles. The molecule has 10 heteroatoms. The SMILES string of the molecule is CC(c1cnc(C2=CC(Oc3c(F)cc4[nH]ccc4c3S(C)=N)CC=C2F)[nH]1)c1cccc(CCC=O)c1F. The first-order chi connectivity index (χ1) is 18.8. The van der Waals surface area contributed by atoms with Gasteiger partial charge in [-0.3, -0.25) is 4.78 Å².